The molecule has 0 saturated carbocycles. The zero-order valence-electron chi connectivity index (χ0n) is 16.9. The number of anilines is 1. The summed E-state index contributed by atoms with van der Waals surface area (Å²) in [6.07, 6.45) is 0.159. The Kier molecular flexibility index (Phi) is 7.32. The molecule has 2 aromatic carbocycles. The van der Waals surface area contributed by atoms with E-state index < -0.39 is 6.10 Å². The van der Waals surface area contributed by atoms with Crippen molar-refractivity contribution in [3.05, 3.63) is 54.1 Å². The highest BCUT2D eigenvalue weighted by Crippen LogP contribution is 2.32. The molecule has 0 aliphatic carbocycles. The Labute approximate surface area is 171 Å². The second-order valence-electron chi connectivity index (χ2n) is 7.42. The van der Waals surface area contributed by atoms with Crippen LogP contribution in [0.5, 0.6) is 11.5 Å². The van der Waals surface area contributed by atoms with E-state index in [1.165, 1.54) is 0 Å². The molecule has 2 amide bonds. The van der Waals surface area contributed by atoms with Gasteiger partial charge in [-0.05, 0) is 31.8 Å². The molecule has 7 heteroatoms. The minimum atomic E-state index is -0.669. The third-order valence-electron chi connectivity index (χ3n) is 4.72. The van der Waals surface area contributed by atoms with Crippen LogP contribution in [0.1, 0.15) is 18.1 Å². The summed E-state index contributed by atoms with van der Waals surface area (Å²) in [5, 5.41) is 16.5. The second kappa shape index (κ2) is 10.1. The van der Waals surface area contributed by atoms with Crippen molar-refractivity contribution in [1.82, 2.24) is 10.2 Å². The zero-order chi connectivity index (χ0) is 20.6. The van der Waals surface area contributed by atoms with Gasteiger partial charge in [-0.3, -0.25) is 0 Å². The molecule has 0 fully saturated rings. The molecular weight excluding hydrogens is 370 g/mol. The maximum absolute atomic E-state index is 12.4. The summed E-state index contributed by atoms with van der Waals surface area (Å²) in [6.45, 7) is 2.19. The fourth-order valence-electron chi connectivity index (χ4n) is 3.31. The van der Waals surface area contributed by atoms with Crippen LogP contribution in [0.25, 0.3) is 0 Å². The highest BCUT2D eigenvalue weighted by atomic mass is 16.5. The standard InChI is InChI=1S/C22H29N3O4/c1-25(2)15-17(21(26)16-7-4-3-5-8-16)14-23-22(27)24-18-9-10-19-20(13-18)29-12-6-11-28-19/h3-5,7-10,13,17,21,26H,6,11-12,14-15H2,1-2H3,(H2,23,24,27)/t17-,21-/m0/s1. The highest BCUT2D eigenvalue weighted by Gasteiger charge is 2.22. The lowest BCUT2D eigenvalue weighted by molar-refractivity contribution is 0.0911. The summed E-state index contributed by atoms with van der Waals surface area (Å²) in [7, 11) is 3.89. The van der Waals surface area contributed by atoms with Crippen LogP contribution in [0, 0.1) is 5.92 Å². The zero-order valence-corrected chi connectivity index (χ0v) is 16.9. The average molecular weight is 399 g/mol. The molecule has 0 aromatic heterocycles. The molecule has 156 valence electrons. The van der Waals surface area contributed by atoms with Gasteiger partial charge in [0.1, 0.15) is 0 Å². The Morgan fingerprint density at radius 3 is 2.55 bits per heavy atom. The number of benzene rings is 2. The van der Waals surface area contributed by atoms with Crippen molar-refractivity contribution < 1.29 is 19.4 Å². The van der Waals surface area contributed by atoms with E-state index >= 15 is 0 Å². The summed E-state index contributed by atoms with van der Waals surface area (Å²) in [6, 6.07) is 14.5. The number of fused-ring (bicyclic) bond motifs is 1. The minimum Gasteiger partial charge on any atom is -0.490 e. The molecule has 2 aromatic rings. The molecule has 7 nitrogen and oxygen atoms in total. The number of carbonyl (C=O) groups excluding carboxylic acids is 1. The normalized spacial score (nSPS) is 15.3. The lowest BCUT2D eigenvalue weighted by atomic mass is 9.95. The summed E-state index contributed by atoms with van der Waals surface area (Å²) in [4.78, 5) is 14.4. The summed E-state index contributed by atoms with van der Waals surface area (Å²) in [5.41, 5.74) is 1.46. The summed E-state index contributed by atoms with van der Waals surface area (Å²) < 4.78 is 11.3. The highest BCUT2D eigenvalue weighted by molar-refractivity contribution is 5.89. The van der Waals surface area contributed by atoms with Gasteiger partial charge in [0.15, 0.2) is 11.5 Å². The van der Waals surface area contributed by atoms with Gasteiger partial charge in [-0.1, -0.05) is 30.3 Å². The lowest BCUT2D eigenvalue weighted by Gasteiger charge is -2.26. The van der Waals surface area contributed by atoms with Crippen molar-refractivity contribution in [1.29, 1.82) is 0 Å². The van der Waals surface area contributed by atoms with Crippen molar-refractivity contribution in [3.63, 3.8) is 0 Å². The van der Waals surface area contributed by atoms with Gasteiger partial charge in [0, 0.05) is 37.2 Å². The Bertz CT molecular complexity index is 798. The van der Waals surface area contributed by atoms with Crippen LogP contribution >= 0.6 is 0 Å². The first kappa shape index (κ1) is 21.0. The van der Waals surface area contributed by atoms with Gasteiger partial charge >= 0.3 is 6.03 Å². The van der Waals surface area contributed by atoms with Crippen LogP contribution in [-0.2, 0) is 0 Å². The first-order valence-electron chi connectivity index (χ1n) is 9.85. The number of ether oxygens (including phenoxy) is 2. The quantitative estimate of drug-likeness (QED) is 0.667. The number of nitrogens with zero attached hydrogens (tertiary/aromatic N) is 1. The fourth-order valence-corrected chi connectivity index (χ4v) is 3.31. The van der Waals surface area contributed by atoms with Gasteiger partial charge in [0.2, 0.25) is 0 Å². The lowest BCUT2D eigenvalue weighted by Crippen LogP contribution is -2.39. The van der Waals surface area contributed by atoms with Crippen LogP contribution in [0.2, 0.25) is 0 Å². The van der Waals surface area contributed by atoms with Crippen molar-refractivity contribution in [2.24, 2.45) is 5.92 Å². The van der Waals surface area contributed by atoms with Crippen molar-refractivity contribution in [3.8, 4) is 11.5 Å². The number of aliphatic hydroxyl groups excluding tert-OH is 1. The summed E-state index contributed by atoms with van der Waals surface area (Å²) >= 11 is 0. The SMILES string of the molecule is CN(C)C[C@H](CNC(=O)Nc1ccc2c(c1)OCCCO2)[C@@H](O)c1ccccc1. The molecule has 2 atom stereocenters. The Hall–Kier alpha value is -2.77. The Morgan fingerprint density at radius 1 is 1.10 bits per heavy atom. The predicted molar refractivity (Wildman–Crippen MR) is 113 cm³/mol. The van der Waals surface area contributed by atoms with Gasteiger partial charge in [0.25, 0.3) is 0 Å². The van der Waals surface area contributed by atoms with Gasteiger partial charge in [0.05, 0.1) is 19.3 Å². The molecule has 0 spiro atoms. The van der Waals surface area contributed by atoms with Crippen LogP contribution in [0.4, 0.5) is 10.5 Å². The predicted octanol–water partition coefficient (Wildman–Crippen LogP) is 2.88. The third-order valence-corrected chi connectivity index (χ3v) is 4.72. The molecule has 3 rings (SSSR count). The number of aliphatic hydroxyl groups is 1. The van der Waals surface area contributed by atoms with E-state index in [0.717, 1.165) is 12.0 Å². The monoisotopic (exact) mass is 399 g/mol. The van der Waals surface area contributed by atoms with Crippen molar-refractivity contribution >= 4 is 11.7 Å². The largest absolute Gasteiger partial charge is 0.490 e. The van der Waals surface area contributed by atoms with Crippen LogP contribution < -0.4 is 20.1 Å². The first-order chi connectivity index (χ1) is 14.0. The molecule has 1 aliphatic rings. The maximum atomic E-state index is 12.4. The molecule has 0 bridgehead atoms. The number of hydrogen-bond acceptors (Lipinski definition) is 5. The number of rotatable bonds is 7. The number of urea groups is 1. The van der Waals surface area contributed by atoms with Crippen LogP contribution in [0.3, 0.4) is 0 Å². The smallest absolute Gasteiger partial charge is 0.319 e. The van der Waals surface area contributed by atoms with E-state index in [0.29, 0.717) is 43.5 Å². The van der Waals surface area contributed by atoms with Crippen LogP contribution in [0.15, 0.2) is 48.5 Å². The molecule has 3 N–H and O–H groups in total. The molecule has 0 radical (unpaired) electrons. The van der Waals surface area contributed by atoms with Crippen molar-refractivity contribution in [2.75, 3.05) is 45.7 Å². The van der Waals surface area contributed by atoms with E-state index in [1.807, 2.05) is 49.3 Å². The fraction of sp³-hybridized carbons (Fsp3) is 0.409. The van der Waals surface area contributed by atoms with E-state index in [1.54, 1.807) is 18.2 Å². The second-order valence-corrected chi connectivity index (χ2v) is 7.42. The van der Waals surface area contributed by atoms with Crippen LogP contribution in [-0.4, -0.2) is 56.4 Å². The van der Waals surface area contributed by atoms with Gasteiger partial charge in [-0.25, -0.2) is 4.79 Å². The minimum absolute atomic E-state index is 0.151. The van der Waals surface area contributed by atoms with E-state index in [9.17, 15) is 9.90 Å². The third kappa shape index (κ3) is 6.10. The molecule has 1 heterocycles. The van der Waals surface area contributed by atoms with E-state index in [2.05, 4.69) is 10.6 Å². The number of hydrogen-bond donors (Lipinski definition) is 3. The average Bonchev–Trinajstić information content (AvgIpc) is 2.96. The van der Waals surface area contributed by atoms with Gasteiger partial charge in [-0.2, -0.15) is 0 Å². The van der Waals surface area contributed by atoms with E-state index in [4.69, 9.17) is 9.47 Å². The molecule has 0 unspecified atom stereocenters. The van der Waals surface area contributed by atoms with Gasteiger partial charge < -0.3 is 30.1 Å². The van der Waals surface area contributed by atoms with Gasteiger partial charge in [-0.15, -0.1) is 0 Å². The molecule has 29 heavy (non-hydrogen) atoms. The summed E-state index contributed by atoms with van der Waals surface area (Å²) in [5.74, 6) is 1.16. The Morgan fingerprint density at radius 2 is 1.83 bits per heavy atom. The van der Waals surface area contributed by atoms with E-state index in [-0.39, 0.29) is 11.9 Å². The molecule has 0 saturated heterocycles. The topological polar surface area (TPSA) is 83.1 Å². The first-order valence-corrected chi connectivity index (χ1v) is 9.85. The number of carbonyl (C=O) groups is 1. The Balaban J connectivity index is 1.59. The van der Waals surface area contributed by atoms with Crippen molar-refractivity contribution in [2.45, 2.75) is 12.5 Å². The number of nitrogens with one attached hydrogen (secondary N) is 2. The number of amides is 2. The molecule has 1 aliphatic heterocycles. The maximum Gasteiger partial charge on any atom is 0.319 e. The molecular formula is C22H29N3O4.